The van der Waals surface area contributed by atoms with Gasteiger partial charge in [-0.05, 0) is 36.6 Å². The smallest absolute Gasteiger partial charge is 0.232 e. The zero-order valence-corrected chi connectivity index (χ0v) is 16.6. The second-order valence-electron chi connectivity index (χ2n) is 6.12. The first-order chi connectivity index (χ1) is 12.2. The van der Waals surface area contributed by atoms with Gasteiger partial charge in [0.25, 0.3) is 0 Å². The first-order valence-electron chi connectivity index (χ1n) is 8.23. The summed E-state index contributed by atoms with van der Waals surface area (Å²) in [5, 5.41) is 0. The van der Waals surface area contributed by atoms with Gasteiger partial charge < -0.3 is 0 Å². The standard InChI is InChI=1S/C18H24N2O4S2/c1-16-7-6-10-18(15-16)20(25(2,21)22)13-12-19-26(23,24)14-11-17-8-4-3-5-9-17/h3-10,15,19H,11-14H2,1-2H3. The van der Waals surface area contributed by atoms with E-state index in [1.165, 1.54) is 4.31 Å². The first kappa shape index (κ1) is 20.4. The van der Waals surface area contributed by atoms with E-state index >= 15 is 0 Å². The molecule has 0 radical (unpaired) electrons. The summed E-state index contributed by atoms with van der Waals surface area (Å²) in [5.41, 5.74) is 2.39. The molecule has 142 valence electrons. The number of aryl methyl sites for hydroxylation is 2. The minimum atomic E-state index is -3.51. The minimum Gasteiger partial charge on any atom is -0.269 e. The lowest BCUT2D eigenvalue weighted by atomic mass is 10.2. The van der Waals surface area contributed by atoms with Crippen molar-refractivity contribution in [3.63, 3.8) is 0 Å². The summed E-state index contributed by atoms with van der Waals surface area (Å²) in [5.74, 6) is -0.0413. The van der Waals surface area contributed by atoms with Gasteiger partial charge in [0.15, 0.2) is 0 Å². The molecule has 0 bridgehead atoms. The maximum Gasteiger partial charge on any atom is 0.232 e. The van der Waals surface area contributed by atoms with Crippen molar-refractivity contribution >= 4 is 25.7 Å². The van der Waals surface area contributed by atoms with Crippen LogP contribution >= 0.6 is 0 Å². The topological polar surface area (TPSA) is 83.6 Å². The van der Waals surface area contributed by atoms with E-state index in [4.69, 9.17) is 0 Å². The molecule has 0 fully saturated rings. The van der Waals surface area contributed by atoms with Crippen LogP contribution in [0.1, 0.15) is 11.1 Å². The molecule has 6 nitrogen and oxygen atoms in total. The van der Waals surface area contributed by atoms with Crippen molar-refractivity contribution in [2.45, 2.75) is 13.3 Å². The largest absolute Gasteiger partial charge is 0.269 e. The van der Waals surface area contributed by atoms with Crippen LogP contribution in [0.15, 0.2) is 54.6 Å². The second-order valence-corrected chi connectivity index (χ2v) is 9.96. The van der Waals surface area contributed by atoms with Crippen molar-refractivity contribution in [2.75, 3.05) is 29.4 Å². The second kappa shape index (κ2) is 8.66. The summed E-state index contributed by atoms with van der Waals surface area (Å²) < 4.78 is 52.1. The minimum absolute atomic E-state index is 0.0120. The van der Waals surface area contributed by atoms with Crippen LogP contribution in [0.3, 0.4) is 0 Å². The molecule has 2 aromatic carbocycles. The normalized spacial score (nSPS) is 12.1. The SMILES string of the molecule is Cc1cccc(N(CCNS(=O)(=O)CCc2ccccc2)S(C)(=O)=O)c1. The lowest BCUT2D eigenvalue weighted by Gasteiger charge is -2.23. The highest BCUT2D eigenvalue weighted by Gasteiger charge is 2.18. The van der Waals surface area contributed by atoms with E-state index in [2.05, 4.69) is 4.72 Å². The van der Waals surface area contributed by atoms with Gasteiger partial charge in [0.2, 0.25) is 20.0 Å². The van der Waals surface area contributed by atoms with Gasteiger partial charge in [0.05, 0.1) is 17.7 Å². The number of sulfonamides is 2. The van der Waals surface area contributed by atoms with Crippen LogP contribution in [-0.4, -0.2) is 41.9 Å². The van der Waals surface area contributed by atoms with Gasteiger partial charge in [0.1, 0.15) is 0 Å². The molecule has 2 rings (SSSR count). The van der Waals surface area contributed by atoms with Gasteiger partial charge in [-0.2, -0.15) is 0 Å². The van der Waals surface area contributed by atoms with E-state index < -0.39 is 20.0 Å². The molecule has 0 spiro atoms. The Morgan fingerprint density at radius 2 is 1.65 bits per heavy atom. The fourth-order valence-corrected chi connectivity index (χ4v) is 4.51. The van der Waals surface area contributed by atoms with Gasteiger partial charge in [0, 0.05) is 13.1 Å². The van der Waals surface area contributed by atoms with E-state index in [0.29, 0.717) is 12.1 Å². The van der Waals surface area contributed by atoms with E-state index in [1.54, 1.807) is 18.2 Å². The molecule has 0 atom stereocenters. The summed E-state index contributed by atoms with van der Waals surface area (Å²) in [7, 11) is -6.99. The van der Waals surface area contributed by atoms with Crippen molar-refractivity contribution in [3.05, 3.63) is 65.7 Å². The summed E-state index contributed by atoms with van der Waals surface area (Å²) in [4.78, 5) is 0. The predicted molar refractivity (Wildman–Crippen MR) is 105 cm³/mol. The van der Waals surface area contributed by atoms with Crippen molar-refractivity contribution in [1.29, 1.82) is 0 Å². The third-order valence-corrected chi connectivity index (χ3v) is 6.41. The summed E-state index contributed by atoms with van der Waals surface area (Å²) in [6.45, 7) is 1.92. The zero-order chi connectivity index (χ0) is 19.2. The number of rotatable bonds is 9. The van der Waals surface area contributed by atoms with Crippen molar-refractivity contribution in [1.82, 2.24) is 4.72 Å². The molecule has 8 heteroatoms. The summed E-state index contributed by atoms with van der Waals surface area (Å²) in [6.07, 6.45) is 1.52. The van der Waals surface area contributed by atoms with Gasteiger partial charge in [-0.25, -0.2) is 21.6 Å². The summed E-state index contributed by atoms with van der Waals surface area (Å²) in [6, 6.07) is 16.4. The number of nitrogens with zero attached hydrogens (tertiary/aromatic N) is 1. The van der Waals surface area contributed by atoms with Crippen molar-refractivity contribution in [2.24, 2.45) is 0 Å². The molecule has 1 N–H and O–H groups in total. The lowest BCUT2D eigenvalue weighted by molar-refractivity contribution is 0.577. The number of benzene rings is 2. The predicted octanol–water partition coefficient (Wildman–Crippen LogP) is 1.92. The highest BCUT2D eigenvalue weighted by Crippen LogP contribution is 2.18. The molecule has 26 heavy (non-hydrogen) atoms. The Balaban J connectivity index is 1.96. The van der Waals surface area contributed by atoms with Crippen LogP contribution in [-0.2, 0) is 26.5 Å². The summed E-state index contributed by atoms with van der Waals surface area (Å²) >= 11 is 0. The third-order valence-electron chi connectivity index (χ3n) is 3.83. The Bertz CT molecular complexity index is 927. The molecule has 0 amide bonds. The van der Waals surface area contributed by atoms with E-state index in [-0.39, 0.29) is 18.8 Å². The van der Waals surface area contributed by atoms with Crippen LogP contribution in [0.5, 0.6) is 0 Å². The average molecular weight is 397 g/mol. The van der Waals surface area contributed by atoms with Crippen LogP contribution < -0.4 is 9.03 Å². The fraction of sp³-hybridized carbons (Fsp3) is 0.333. The molecule has 2 aromatic rings. The molecule has 0 saturated heterocycles. The van der Waals surface area contributed by atoms with Crippen molar-refractivity contribution in [3.8, 4) is 0 Å². The molecular weight excluding hydrogens is 372 g/mol. The number of nitrogens with one attached hydrogen (secondary N) is 1. The van der Waals surface area contributed by atoms with Crippen LogP contribution in [0, 0.1) is 6.92 Å². The maximum absolute atomic E-state index is 12.1. The number of hydrogen-bond acceptors (Lipinski definition) is 4. The van der Waals surface area contributed by atoms with Gasteiger partial charge in [-0.15, -0.1) is 0 Å². The van der Waals surface area contributed by atoms with E-state index in [0.717, 1.165) is 17.4 Å². The molecule has 0 aliphatic carbocycles. The van der Waals surface area contributed by atoms with Crippen LogP contribution in [0.2, 0.25) is 0 Å². The molecular formula is C18H24N2O4S2. The zero-order valence-electron chi connectivity index (χ0n) is 14.9. The van der Waals surface area contributed by atoms with Crippen molar-refractivity contribution < 1.29 is 16.8 Å². The molecule has 0 unspecified atom stereocenters. The monoisotopic (exact) mass is 396 g/mol. The molecule has 0 aliphatic heterocycles. The Morgan fingerprint density at radius 3 is 2.27 bits per heavy atom. The molecule has 0 aromatic heterocycles. The fourth-order valence-electron chi connectivity index (χ4n) is 2.54. The van der Waals surface area contributed by atoms with Gasteiger partial charge in [-0.3, -0.25) is 4.31 Å². The number of anilines is 1. The average Bonchev–Trinajstić information content (AvgIpc) is 2.57. The highest BCUT2D eigenvalue weighted by molar-refractivity contribution is 7.92. The third kappa shape index (κ3) is 6.44. The Labute approximate surface area is 156 Å². The van der Waals surface area contributed by atoms with Crippen LogP contribution in [0.4, 0.5) is 5.69 Å². The highest BCUT2D eigenvalue weighted by atomic mass is 32.2. The lowest BCUT2D eigenvalue weighted by Crippen LogP contribution is -2.39. The first-order valence-corrected chi connectivity index (χ1v) is 11.7. The number of hydrogen-bond donors (Lipinski definition) is 1. The Hall–Kier alpha value is -1.90. The Morgan fingerprint density at radius 1 is 0.962 bits per heavy atom. The quantitative estimate of drug-likeness (QED) is 0.702. The molecule has 0 aliphatic rings. The molecule has 0 saturated carbocycles. The van der Waals surface area contributed by atoms with E-state index in [1.807, 2.05) is 43.3 Å². The molecule has 0 heterocycles. The van der Waals surface area contributed by atoms with Gasteiger partial charge in [-0.1, -0.05) is 42.5 Å². The van der Waals surface area contributed by atoms with E-state index in [9.17, 15) is 16.8 Å². The van der Waals surface area contributed by atoms with Gasteiger partial charge >= 0.3 is 0 Å². The Kier molecular flexibility index (Phi) is 6.80. The van der Waals surface area contributed by atoms with Crippen LogP contribution in [0.25, 0.3) is 0 Å². The maximum atomic E-state index is 12.1.